The number of carbonyl (C=O) groups is 3. The summed E-state index contributed by atoms with van der Waals surface area (Å²) in [5.74, 6) is -0.499. The molecule has 5 amide bonds. The van der Waals surface area contributed by atoms with Gasteiger partial charge in [0, 0.05) is 6.54 Å². The third-order valence-electron chi connectivity index (χ3n) is 5.04. The molecule has 8 heteroatoms. The van der Waals surface area contributed by atoms with Crippen molar-refractivity contribution in [3.05, 3.63) is 65.7 Å². The van der Waals surface area contributed by atoms with Gasteiger partial charge in [0.15, 0.2) is 0 Å². The molecule has 0 saturated carbocycles. The number of amides is 5. The molecule has 0 spiro atoms. The molecule has 3 atom stereocenters. The number of methoxy groups -OCH3 is 1. The Kier molecular flexibility index (Phi) is 4.60. The highest BCUT2D eigenvalue weighted by molar-refractivity contribution is 6.00. The van der Waals surface area contributed by atoms with Crippen molar-refractivity contribution in [3.63, 3.8) is 0 Å². The van der Waals surface area contributed by atoms with Gasteiger partial charge in [-0.05, 0) is 23.3 Å². The van der Waals surface area contributed by atoms with E-state index in [-0.39, 0.29) is 6.54 Å². The number of nitrogens with zero attached hydrogens (tertiary/aromatic N) is 1. The number of imide groups is 1. The predicted molar refractivity (Wildman–Crippen MR) is 100 cm³/mol. The van der Waals surface area contributed by atoms with Crippen LogP contribution in [0.2, 0.25) is 0 Å². The summed E-state index contributed by atoms with van der Waals surface area (Å²) in [6.07, 6.45) is -0.758. The summed E-state index contributed by atoms with van der Waals surface area (Å²) < 4.78 is 5.26. The number of ether oxygens (including phenoxy) is 1. The number of carbonyl (C=O) groups excluding carboxylic acids is 3. The van der Waals surface area contributed by atoms with Gasteiger partial charge in [0.25, 0.3) is 0 Å². The average molecular weight is 380 g/mol. The molecule has 2 saturated heterocycles. The lowest BCUT2D eigenvalue weighted by Gasteiger charge is -2.46. The van der Waals surface area contributed by atoms with E-state index in [9.17, 15) is 14.4 Å². The Hall–Kier alpha value is -3.55. The van der Waals surface area contributed by atoms with Gasteiger partial charge >= 0.3 is 12.1 Å². The molecule has 0 bridgehead atoms. The maximum absolute atomic E-state index is 12.7. The third kappa shape index (κ3) is 3.24. The minimum absolute atomic E-state index is 0.270. The quantitative estimate of drug-likeness (QED) is 0.752. The number of hydrogen-bond donors (Lipinski definition) is 3. The van der Waals surface area contributed by atoms with Crippen LogP contribution >= 0.6 is 0 Å². The summed E-state index contributed by atoms with van der Waals surface area (Å²) in [6, 6.07) is 15.0. The van der Waals surface area contributed by atoms with Gasteiger partial charge in [0.05, 0.1) is 13.2 Å². The number of fused-ring (bicyclic) bond motifs is 1. The highest BCUT2D eigenvalue weighted by Gasteiger charge is 2.49. The van der Waals surface area contributed by atoms with Gasteiger partial charge in [0.1, 0.15) is 17.8 Å². The highest BCUT2D eigenvalue weighted by atomic mass is 16.5. The number of urea groups is 2. The molecule has 2 aliphatic heterocycles. The minimum Gasteiger partial charge on any atom is -0.497 e. The van der Waals surface area contributed by atoms with Gasteiger partial charge in [-0.2, -0.15) is 0 Å². The van der Waals surface area contributed by atoms with Crippen molar-refractivity contribution in [2.45, 2.75) is 18.8 Å². The van der Waals surface area contributed by atoms with E-state index in [0.29, 0.717) is 5.75 Å². The van der Waals surface area contributed by atoms with E-state index in [1.165, 1.54) is 4.90 Å². The van der Waals surface area contributed by atoms with E-state index < -0.39 is 36.1 Å². The lowest BCUT2D eigenvalue weighted by Crippen LogP contribution is -2.71. The average Bonchev–Trinajstić information content (AvgIpc) is 2.71. The normalized spacial score (nSPS) is 24.0. The largest absolute Gasteiger partial charge is 0.497 e. The van der Waals surface area contributed by atoms with Gasteiger partial charge in [-0.25, -0.2) is 9.59 Å². The smallest absolute Gasteiger partial charge is 0.326 e. The minimum atomic E-state index is -0.758. The Morgan fingerprint density at radius 3 is 2.54 bits per heavy atom. The Morgan fingerprint density at radius 2 is 1.79 bits per heavy atom. The van der Waals surface area contributed by atoms with Crippen LogP contribution in [0.4, 0.5) is 9.59 Å². The van der Waals surface area contributed by atoms with Crippen molar-refractivity contribution in [2.75, 3.05) is 7.11 Å². The Labute approximate surface area is 161 Å². The molecule has 8 nitrogen and oxygen atoms in total. The van der Waals surface area contributed by atoms with Crippen LogP contribution in [0.5, 0.6) is 5.75 Å². The summed E-state index contributed by atoms with van der Waals surface area (Å²) in [5, 5.41) is 7.97. The molecule has 2 fully saturated rings. The van der Waals surface area contributed by atoms with Crippen LogP contribution in [0.25, 0.3) is 0 Å². The first-order chi connectivity index (χ1) is 13.6. The maximum atomic E-state index is 12.7. The molecule has 2 aromatic rings. The van der Waals surface area contributed by atoms with Crippen LogP contribution in [0, 0.1) is 5.92 Å². The molecule has 28 heavy (non-hydrogen) atoms. The van der Waals surface area contributed by atoms with Gasteiger partial charge < -0.3 is 15.4 Å². The van der Waals surface area contributed by atoms with Crippen molar-refractivity contribution in [1.29, 1.82) is 0 Å². The van der Waals surface area contributed by atoms with E-state index >= 15 is 0 Å². The topological polar surface area (TPSA) is 99.8 Å². The predicted octanol–water partition coefficient (Wildman–Crippen LogP) is 1.74. The second kappa shape index (κ2) is 7.22. The molecule has 2 heterocycles. The fraction of sp³-hybridized carbons (Fsp3) is 0.250. The zero-order chi connectivity index (χ0) is 19.7. The molecule has 0 aliphatic carbocycles. The van der Waals surface area contributed by atoms with Gasteiger partial charge in [-0.15, -0.1) is 0 Å². The summed E-state index contributed by atoms with van der Waals surface area (Å²) in [7, 11) is 1.55. The maximum Gasteiger partial charge on any atom is 0.326 e. The molecule has 3 unspecified atom stereocenters. The zero-order valence-electron chi connectivity index (χ0n) is 15.2. The van der Waals surface area contributed by atoms with Crippen LogP contribution < -0.4 is 20.7 Å². The molecule has 2 aliphatic rings. The Morgan fingerprint density at radius 1 is 1.00 bits per heavy atom. The first kappa shape index (κ1) is 17.8. The second-order valence-corrected chi connectivity index (χ2v) is 6.75. The van der Waals surface area contributed by atoms with Gasteiger partial charge in [-0.1, -0.05) is 42.5 Å². The van der Waals surface area contributed by atoms with Crippen LogP contribution in [0.1, 0.15) is 17.2 Å². The van der Waals surface area contributed by atoms with E-state index in [1.807, 2.05) is 36.4 Å². The van der Waals surface area contributed by atoms with E-state index in [4.69, 9.17) is 4.74 Å². The fourth-order valence-corrected chi connectivity index (χ4v) is 3.71. The van der Waals surface area contributed by atoms with Crippen molar-refractivity contribution in [1.82, 2.24) is 20.9 Å². The lowest BCUT2D eigenvalue weighted by atomic mass is 9.86. The van der Waals surface area contributed by atoms with Crippen molar-refractivity contribution >= 4 is 18.0 Å². The first-order valence-electron chi connectivity index (χ1n) is 8.93. The molecule has 3 N–H and O–H groups in total. The third-order valence-corrected chi connectivity index (χ3v) is 5.04. The number of hydrogen-bond acceptors (Lipinski definition) is 4. The Balaban J connectivity index is 1.69. The van der Waals surface area contributed by atoms with Crippen molar-refractivity contribution in [2.24, 2.45) is 5.92 Å². The SMILES string of the molecule is COc1cccc(C2NC(=O)NC3C2C(=O)NC(=O)N3Cc2ccccc2)c1. The summed E-state index contributed by atoms with van der Waals surface area (Å²) in [6.45, 7) is 0.270. The number of benzene rings is 2. The van der Waals surface area contributed by atoms with E-state index in [1.54, 1.807) is 25.3 Å². The first-order valence-corrected chi connectivity index (χ1v) is 8.93. The summed E-state index contributed by atoms with van der Waals surface area (Å²) >= 11 is 0. The molecule has 4 rings (SSSR count). The highest BCUT2D eigenvalue weighted by Crippen LogP contribution is 2.33. The molecule has 0 aromatic heterocycles. The summed E-state index contributed by atoms with van der Waals surface area (Å²) in [5.41, 5.74) is 1.63. The van der Waals surface area contributed by atoms with Crippen molar-refractivity contribution in [3.8, 4) is 5.75 Å². The van der Waals surface area contributed by atoms with Crippen LogP contribution in [0.3, 0.4) is 0 Å². The van der Waals surface area contributed by atoms with Crippen molar-refractivity contribution < 1.29 is 19.1 Å². The molecular weight excluding hydrogens is 360 g/mol. The Bertz CT molecular complexity index is 917. The monoisotopic (exact) mass is 380 g/mol. The number of nitrogens with one attached hydrogen (secondary N) is 3. The van der Waals surface area contributed by atoms with Crippen LogP contribution in [-0.2, 0) is 11.3 Å². The van der Waals surface area contributed by atoms with Crippen LogP contribution in [-0.4, -0.2) is 36.1 Å². The summed E-state index contributed by atoms with van der Waals surface area (Å²) in [4.78, 5) is 39.0. The zero-order valence-corrected chi connectivity index (χ0v) is 15.2. The van der Waals surface area contributed by atoms with Gasteiger partial charge in [-0.3, -0.25) is 15.0 Å². The van der Waals surface area contributed by atoms with Crippen LogP contribution in [0.15, 0.2) is 54.6 Å². The second-order valence-electron chi connectivity index (χ2n) is 6.75. The molecule has 2 aromatic carbocycles. The fourth-order valence-electron chi connectivity index (χ4n) is 3.71. The van der Waals surface area contributed by atoms with E-state index in [2.05, 4.69) is 16.0 Å². The molecular formula is C20H20N4O4. The molecule has 144 valence electrons. The standard InChI is InChI=1S/C20H20N4O4/c1-28-14-9-5-8-13(10-14)16-15-17(22-19(26)21-16)24(20(27)23-18(15)25)11-12-6-3-2-4-7-12/h2-10,15-17H,11H2,1H3,(H2,21,22,26)(H,23,25,27). The number of rotatable bonds is 4. The van der Waals surface area contributed by atoms with Gasteiger partial charge in [0.2, 0.25) is 5.91 Å². The molecule has 0 radical (unpaired) electrons. The van der Waals surface area contributed by atoms with E-state index in [0.717, 1.165) is 11.1 Å². The lowest BCUT2D eigenvalue weighted by molar-refractivity contribution is -0.130.